The van der Waals surface area contributed by atoms with Gasteiger partial charge in [0.05, 0.1) is 16.5 Å². The van der Waals surface area contributed by atoms with Crippen molar-refractivity contribution in [1.82, 2.24) is 4.98 Å². The molecule has 3 aromatic rings. The summed E-state index contributed by atoms with van der Waals surface area (Å²) in [6.45, 7) is 1.81. The summed E-state index contributed by atoms with van der Waals surface area (Å²) in [5.74, 6) is -2.29. The maximum atomic E-state index is 13.1. The molecule has 0 radical (unpaired) electrons. The Kier molecular flexibility index (Phi) is 5.46. The molecule has 1 aliphatic heterocycles. The van der Waals surface area contributed by atoms with Gasteiger partial charge in [0, 0.05) is 40.8 Å². The standard InChI is InChI=1S/C23H16ClN3O5/c1-13-7-8-16(11-18(13)24)26-20(15-5-3-9-25-12-15)19(22(29)23(26)30)21(28)14-4-2-6-17(10-14)27(31)32/h2-12,20,28H,1H3/b21-19+. The quantitative estimate of drug-likeness (QED) is 0.205. The molecule has 0 spiro atoms. The van der Waals surface area contributed by atoms with Gasteiger partial charge in [0.2, 0.25) is 0 Å². The fourth-order valence-corrected chi connectivity index (χ4v) is 3.78. The average Bonchev–Trinajstić information content (AvgIpc) is 3.06. The first-order chi connectivity index (χ1) is 15.3. The van der Waals surface area contributed by atoms with Gasteiger partial charge in [-0.1, -0.05) is 35.9 Å². The predicted molar refractivity (Wildman–Crippen MR) is 118 cm³/mol. The lowest BCUT2D eigenvalue weighted by atomic mass is 9.96. The van der Waals surface area contributed by atoms with Crippen LogP contribution in [0.5, 0.6) is 0 Å². The summed E-state index contributed by atoms with van der Waals surface area (Å²) in [6, 6.07) is 12.5. The summed E-state index contributed by atoms with van der Waals surface area (Å²) >= 11 is 6.25. The molecule has 1 aromatic heterocycles. The molecule has 32 heavy (non-hydrogen) atoms. The highest BCUT2D eigenvalue weighted by Gasteiger charge is 2.47. The van der Waals surface area contributed by atoms with E-state index in [2.05, 4.69) is 4.98 Å². The molecule has 1 aliphatic rings. The Hall–Kier alpha value is -4.04. The highest BCUT2D eigenvalue weighted by Crippen LogP contribution is 2.42. The number of nitrogens with zero attached hydrogens (tertiary/aromatic N) is 3. The van der Waals surface area contributed by atoms with E-state index >= 15 is 0 Å². The van der Waals surface area contributed by atoms with Crippen molar-refractivity contribution in [2.24, 2.45) is 0 Å². The van der Waals surface area contributed by atoms with E-state index in [-0.39, 0.29) is 16.8 Å². The summed E-state index contributed by atoms with van der Waals surface area (Å²) < 4.78 is 0. The Balaban J connectivity index is 1.95. The van der Waals surface area contributed by atoms with Crippen LogP contribution < -0.4 is 4.90 Å². The third kappa shape index (κ3) is 3.61. The van der Waals surface area contributed by atoms with E-state index in [1.165, 1.54) is 29.3 Å². The molecule has 0 saturated carbocycles. The number of hydrogen-bond donors (Lipinski definition) is 1. The zero-order valence-electron chi connectivity index (χ0n) is 16.7. The fraction of sp³-hybridized carbons (Fsp3) is 0.0870. The third-order valence-electron chi connectivity index (χ3n) is 5.21. The molecule has 9 heteroatoms. The molecule has 4 rings (SSSR count). The summed E-state index contributed by atoms with van der Waals surface area (Å²) in [4.78, 5) is 42.0. The van der Waals surface area contributed by atoms with Crippen molar-refractivity contribution in [2.45, 2.75) is 13.0 Å². The Morgan fingerprint density at radius 3 is 2.59 bits per heavy atom. The molecule has 8 nitrogen and oxygen atoms in total. The topological polar surface area (TPSA) is 114 Å². The van der Waals surface area contributed by atoms with Crippen molar-refractivity contribution >= 4 is 40.4 Å². The minimum Gasteiger partial charge on any atom is -0.507 e. The fourth-order valence-electron chi connectivity index (χ4n) is 3.61. The average molecular weight is 450 g/mol. The number of nitro benzene ring substituents is 1. The van der Waals surface area contributed by atoms with Gasteiger partial charge in [0.15, 0.2) is 0 Å². The van der Waals surface area contributed by atoms with Crippen molar-refractivity contribution in [3.63, 3.8) is 0 Å². The molecule has 1 amide bonds. The molecule has 2 aromatic carbocycles. The van der Waals surface area contributed by atoms with E-state index in [1.54, 1.807) is 43.5 Å². The predicted octanol–water partition coefficient (Wildman–Crippen LogP) is 4.58. The summed E-state index contributed by atoms with van der Waals surface area (Å²) in [6.07, 6.45) is 3.03. The van der Waals surface area contributed by atoms with Gasteiger partial charge in [-0.2, -0.15) is 0 Å². The number of Topliss-reactive ketones (excluding diaryl/α,β-unsaturated/α-hetero) is 1. The lowest BCUT2D eigenvalue weighted by Crippen LogP contribution is -2.29. The number of benzene rings is 2. The highest BCUT2D eigenvalue weighted by atomic mass is 35.5. The third-order valence-corrected chi connectivity index (χ3v) is 5.62. The number of non-ortho nitro benzene ring substituents is 1. The van der Waals surface area contributed by atoms with Gasteiger partial charge < -0.3 is 5.11 Å². The van der Waals surface area contributed by atoms with E-state index in [0.29, 0.717) is 16.3 Å². The lowest BCUT2D eigenvalue weighted by Gasteiger charge is -2.25. The zero-order chi connectivity index (χ0) is 23.0. The SMILES string of the molecule is Cc1ccc(N2C(=O)C(=O)/C(=C(/O)c3cccc([N+](=O)[O-])c3)C2c2cccnc2)cc1Cl. The van der Waals surface area contributed by atoms with Gasteiger partial charge in [0.25, 0.3) is 17.4 Å². The largest absolute Gasteiger partial charge is 0.507 e. The second-order valence-corrected chi connectivity index (χ2v) is 7.60. The van der Waals surface area contributed by atoms with Crippen molar-refractivity contribution in [3.05, 3.63) is 104 Å². The second kappa shape index (κ2) is 8.24. The van der Waals surface area contributed by atoms with Crippen LogP contribution in [-0.4, -0.2) is 26.7 Å². The molecule has 1 unspecified atom stereocenters. The monoisotopic (exact) mass is 449 g/mol. The molecule has 1 fully saturated rings. The number of aromatic nitrogens is 1. The second-order valence-electron chi connectivity index (χ2n) is 7.20. The Bertz CT molecular complexity index is 1290. The number of aryl methyl sites for hydroxylation is 1. The van der Waals surface area contributed by atoms with E-state index in [1.807, 2.05) is 0 Å². The zero-order valence-corrected chi connectivity index (χ0v) is 17.5. The summed E-state index contributed by atoms with van der Waals surface area (Å²) in [5, 5.41) is 22.6. The van der Waals surface area contributed by atoms with Gasteiger partial charge in [-0.15, -0.1) is 0 Å². The molecular weight excluding hydrogens is 434 g/mol. The van der Waals surface area contributed by atoms with E-state index in [0.717, 1.165) is 11.6 Å². The molecule has 2 heterocycles. The molecular formula is C23H16ClN3O5. The Morgan fingerprint density at radius 2 is 1.94 bits per heavy atom. The number of pyridine rings is 1. The molecule has 1 saturated heterocycles. The van der Waals surface area contributed by atoms with Gasteiger partial charge in [-0.05, 0) is 36.2 Å². The van der Waals surface area contributed by atoms with Crippen LogP contribution in [0.2, 0.25) is 5.02 Å². The molecule has 160 valence electrons. The van der Waals surface area contributed by atoms with Crippen LogP contribution in [0.25, 0.3) is 5.76 Å². The first-order valence-electron chi connectivity index (χ1n) is 9.51. The van der Waals surface area contributed by atoms with E-state index in [4.69, 9.17) is 11.6 Å². The van der Waals surface area contributed by atoms with Crippen molar-refractivity contribution < 1.29 is 19.6 Å². The number of amides is 1. The number of nitro groups is 1. The molecule has 0 bridgehead atoms. The first kappa shape index (κ1) is 21.2. The molecule has 1 N–H and O–H groups in total. The number of rotatable bonds is 4. The number of hydrogen-bond acceptors (Lipinski definition) is 6. The number of halogens is 1. The van der Waals surface area contributed by atoms with Crippen LogP contribution in [0.1, 0.15) is 22.7 Å². The van der Waals surface area contributed by atoms with Gasteiger partial charge >= 0.3 is 0 Å². The minimum absolute atomic E-state index is 0.0491. The number of carbonyl (C=O) groups excluding carboxylic acids is 2. The maximum absolute atomic E-state index is 13.1. The number of carbonyl (C=O) groups is 2. The number of aliphatic hydroxyl groups is 1. The summed E-state index contributed by atoms with van der Waals surface area (Å²) in [5.41, 5.74) is 1.24. The van der Waals surface area contributed by atoms with Crippen LogP contribution in [0.4, 0.5) is 11.4 Å². The highest BCUT2D eigenvalue weighted by molar-refractivity contribution is 6.51. The normalized spacial score (nSPS) is 17.6. The van der Waals surface area contributed by atoms with Crippen LogP contribution >= 0.6 is 11.6 Å². The first-order valence-corrected chi connectivity index (χ1v) is 9.89. The Labute approximate surface area is 187 Å². The van der Waals surface area contributed by atoms with E-state index < -0.39 is 28.4 Å². The van der Waals surface area contributed by atoms with Crippen LogP contribution in [0.3, 0.4) is 0 Å². The number of aliphatic hydroxyl groups excluding tert-OH is 1. The van der Waals surface area contributed by atoms with Crippen LogP contribution in [-0.2, 0) is 9.59 Å². The van der Waals surface area contributed by atoms with Gasteiger partial charge in [-0.25, -0.2) is 0 Å². The summed E-state index contributed by atoms with van der Waals surface area (Å²) in [7, 11) is 0. The Morgan fingerprint density at radius 1 is 1.16 bits per heavy atom. The molecule has 1 atom stereocenters. The number of anilines is 1. The lowest BCUT2D eigenvalue weighted by molar-refractivity contribution is -0.384. The smallest absolute Gasteiger partial charge is 0.300 e. The number of ketones is 1. The van der Waals surface area contributed by atoms with Crippen molar-refractivity contribution in [2.75, 3.05) is 4.90 Å². The van der Waals surface area contributed by atoms with Crippen molar-refractivity contribution in [3.8, 4) is 0 Å². The molecule has 0 aliphatic carbocycles. The van der Waals surface area contributed by atoms with Gasteiger partial charge in [-0.3, -0.25) is 29.6 Å². The van der Waals surface area contributed by atoms with Gasteiger partial charge in [0.1, 0.15) is 5.76 Å². The van der Waals surface area contributed by atoms with E-state index in [9.17, 15) is 24.8 Å². The maximum Gasteiger partial charge on any atom is 0.300 e. The van der Waals surface area contributed by atoms with Crippen LogP contribution in [0.15, 0.2) is 72.6 Å². The van der Waals surface area contributed by atoms with Crippen molar-refractivity contribution in [1.29, 1.82) is 0 Å². The van der Waals surface area contributed by atoms with Crippen LogP contribution in [0, 0.1) is 17.0 Å². The minimum atomic E-state index is -0.998.